The molecule has 41 heavy (non-hydrogen) atoms. The Labute approximate surface area is 263 Å². The Kier molecular flexibility index (Phi) is 11.1. The van der Waals surface area contributed by atoms with Crippen molar-refractivity contribution in [3.05, 3.63) is 140 Å². The van der Waals surface area contributed by atoms with Gasteiger partial charge in [0.1, 0.15) is 0 Å². The van der Waals surface area contributed by atoms with Gasteiger partial charge in [0.15, 0.2) is 15.3 Å². The first-order valence-corrected chi connectivity index (χ1v) is 16.9. The zero-order chi connectivity index (χ0) is 29.4. The minimum Gasteiger partial charge on any atom is -0.288 e. The summed E-state index contributed by atoms with van der Waals surface area (Å²) >= 11 is 7.53. The Balaban J connectivity index is 1.90. The summed E-state index contributed by atoms with van der Waals surface area (Å²) in [5.74, 6) is 1.89. The number of benzene rings is 4. The van der Waals surface area contributed by atoms with Crippen LogP contribution in [0.2, 0.25) is 0 Å². The van der Waals surface area contributed by atoms with Crippen LogP contribution in [-0.2, 0) is 37.1 Å². The molecular formula is C34H31BrO3S3. The molecule has 0 saturated heterocycles. The lowest BCUT2D eigenvalue weighted by Gasteiger charge is -2.37. The van der Waals surface area contributed by atoms with E-state index in [-0.39, 0.29) is 15.3 Å². The first-order chi connectivity index (χ1) is 19.7. The standard InChI is InChI=1S/C34H31BrO3S3/c1-23(36)39-20-26-4-10-29(11-5-26)34(32-16-18-33(35)19-17-32,30-12-6-27(7-13-30)21-40-24(2)37)31-14-8-28(9-15-31)22-41-25(3)38/h4-19H,20-22H2,1-3H3. The Morgan fingerprint density at radius 3 is 0.976 bits per heavy atom. The van der Waals surface area contributed by atoms with Crippen molar-refractivity contribution in [2.24, 2.45) is 0 Å². The molecule has 0 aliphatic carbocycles. The summed E-state index contributed by atoms with van der Waals surface area (Å²) in [6.45, 7) is 4.78. The molecule has 3 nitrogen and oxygen atoms in total. The number of hydrogen-bond acceptors (Lipinski definition) is 6. The fraction of sp³-hybridized carbons (Fsp3) is 0.206. The minimum atomic E-state index is -0.633. The van der Waals surface area contributed by atoms with Crippen LogP contribution in [0.5, 0.6) is 0 Å². The average Bonchev–Trinajstić information content (AvgIpc) is 2.97. The normalized spacial score (nSPS) is 11.3. The maximum absolute atomic E-state index is 11.6. The molecular weight excluding hydrogens is 632 g/mol. The lowest BCUT2D eigenvalue weighted by Crippen LogP contribution is -2.31. The smallest absolute Gasteiger partial charge is 0.186 e. The van der Waals surface area contributed by atoms with Gasteiger partial charge in [0.05, 0.1) is 5.41 Å². The van der Waals surface area contributed by atoms with Crippen LogP contribution in [-0.4, -0.2) is 15.3 Å². The fourth-order valence-electron chi connectivity index (χ4n) is 4.81. The van der Waals surface area contributed by atoms with E-state index in [4.69, 9.17) is 0 Å². The van der Waals surface area contributed by atoms with E-state index in [1.54, 1.807) is 20.8 Å². The summed E-state index contributed by atoms with van der Waals surface area (Å²) in [4.78, 5) is 34.7. The van der Waals surface area contributed by atoms with E-state index in [1.807, 2.05) is 0 Å². The molecule has 0 radical (unpaired) electrons. The van der Waals surface area contributed by atoms with Gasteiger partial charge in [-0.1, -0.05) is 136 Å². The van der Waals surface area contributed by atoms with E-state index in [2.05, 4.69) is 113 Å². The highest BCUT2D eigenvalue weighted by Gasteiger charge is 2.38. The summed E-state index contributed by atoms with van der Waals surface area (Å²) in [7, 11) is 0. The highest BCUT2D eigenvalue weighted by atomic mass is 79.9. The second-order valence-electron chi connectivity index (χ2n) is 9.69. The van der Waals surface area contributed by atoms with E-state index in [0.717, 1.165) is 43.4 Å². The van der Waals surface area contributed by atoms with E-state index in [1.165, 1.54) is 35.3 Å². The second kappa shape index (κ2) is 14.5. The van der Waals surface area contributed by atoms with Crippen LogP contribution in [0.4, 0.5) is 0 Å². The number of halogens is 1. The Bertz CT molecular complexity index is 1350. The molecule has 210 valence electrons. The molecule has 0 aliphatic heterocycles. The molecule has 4 aromatic rings. The van der Waals surface area contributed by atoms with Gasteiger partial charge in [0, 0.05) is 42.5 Å². The summed E-state index contributed by atoms with van der Waals surface area (Å²) < 4.78 is 1.000. The van der Waals surface area contributed by atoms with Crippen molar-refractivity contribution in [3.8, 4) is 0 Å². The first kappa shape index (κ1) is 31.4. The molecule has 0 amide bonds. The predicted molar refractivity (Wildman–Crippen MR) is 178 cm³/mol. The van der Waals surface area contributed by atoms with Gasteiger partial charge in [-0.2, -0.15) is 0 Å². The Morgan fingerprint density at radius 1 is 0.488 bits per heavy atom. The van der Waals surface area contributed by atoms with Crippen LogP contribution in [0.3, 0.4) is 0 Å². The molecule has 0 heterocycles. The van der Waals surface area contributed by atoms with Crippen molar-refractivity contribution in [1.29, 1.82) is 0 Å². The molecule has 0 aliphatic rings. The summed E-state index contributed by atoms with van der Waals surface area (Å²) in [6.07, 6.45) is 0. The van der Waals surface area contributed by atoms with Crippen molar-refractivity contribution in [3.63, 3.8) is 0 Å². The maximum atomic E-state index is 11.6. The van der Waals surface area contributed by atoms with E-state index in [0.29, 0.717) is 17.3 Å². The van der Waals surface area contributed by atoms with Gasteiger partial charge in [0.2, 0.25) is 0 Å². The summed E-state index contributed by atoms with van der Waals surface area (Å²) in [6, 6.07) is 34.1. The number of carbonyl (C=O) groups is 3. The fourth-order valence-corrected chi connectivity index (χ4v) is 6.76. The molecule has 0 fully saturated rings. The topological polar surface area (TPSA) is 51.2 Å². The lowest BCUT2D eigenvalue weighted by molar-refractivity contribution is -0.109. The summed E-state index contributed by atoms with van der Waals surface area (Å²) in [5.41, 5.74) is 7.06. The molecule has 0 N–H and O–H groups in total. The van der Waals surface area contributed by atoms with Gasteiger partial charge in [-0.15, -0.1) is 0 Å². The van der Waals surface area contributed by atoms with Gasteiger partial charge >= 0.3 is 0 Å². The van der Waals surface area contributed by atoms with Gasteiger partial charge < -0.3 is 0 Å². The van der Waals surface area contributed by atoms with E-state index in [9.17, 15) is 14.4 Å². The van der Waals surface area contributed by atoms with E-state index < -0.39 is 5.41 Å². The van der Waals surface area contributed by atoms with Gasteiger partial charge in [-0.3, -0.25) is 14.4 Å². The molecule has 0 bridgehead atoms. The van der Waals surface area contributed by atoms with Gasteiger partial charge in [-0.25, -0.2) is 0 Å². The van der Waals surface area contributed by atoms with Crippen LogP contribution in [0.25, 0.3) is 0 Å². The number of thioether (sulfide) groups is 3. The molecule has 4 rings (SSSR count). The van der Waals surface area contributed by atoms with Gasteiger partial charge in [-0.05, 0) is 51.1 Å². The van der Waals surface area contributed by atoms with Crippen LogP contribution >= 0.6 is 51.2 Å². The van der Waals surface area contributed by atoms with Crippen molar-refractivity contribution in [2.75, 3.05) is 0 Å². The number of carbonyl (C=O) groups excluding carboxylic acids is 3. The third-order valence-electron chi connectivity index (χ3n) is 6.76. The zero-order valence-electron chi connectivity index (χ0n) is 23.2. The first-order valence-electron chi connectivity index (χ1n) is 13.1. The molecule has 0 atom stereocenters. The molecule has 0 unspecified atom stereocenters. The van der Waals surface area contributed by atoms with Crippen LogP contribution < -0.4 is 0 Å². The highest BCUT2D eigenvalue weighted by molar-refractivity contribution is 9.10. The van der Waals surface area contributed by atoms with Crippen molar-refractivity contribution in [2.45, 2.75) is 43.4 Å². The molecule has 7 heteroatoms. The molecule has 4 aromatic carbocycles. The summed E-state index contributed by atoms with van der Waals surface area (Å²) in [5, 5.41) is 0.304. The Morgan fingerprint density at radius 2 is 0.732 bits per heavy atom. The minimum absolute atomic E-state index is 0.101. The third kappa shape index (κ3) is 8.04. The largest absolute Gasteiger partial charge is 0.288 e. The molecule has 0 spiro atoms. The monoisotopic (exact) mass is 662 g/mol. The van der Waals surface area contributed by atoms with Crippen LogP contribution in [0.1, 0.15) is 59.7 Å². The zero-order valence-corrected chi connectivity index (χ0v) is 27.2. The van der Waals surface area contributed by atoms with Crippen LogP contribution in [0.15, 0.2) is 102 Å². The van der Waals surface area contributed by atoms with Crippen molar-refractivity contribution >= 4 is 66.6 Å². The average molecular weight is 664 g/mol. The number of hydrogen-bond donors (Lipinski definition) is 0. The van der Waals surface area contributed by atoms with Gasteiger partial charge in [0.25, 0.3) is 0 Å². The molecule has 0 aromatic heterocycles. The van der Waals surface area contributed by atoms with Crippen molar-refractivity contribution in [1.82, 2.24) is 0 Å². The highest BCUT2D eigenvalue weighted by Crippen LogP contribution is 2.46. The predicted octanol–water partition coefficient (Wildman–Crippen LogP) is 9.17. The lowest BCUT2D eigenvalue weighted by atomic mass is 9.65. The van der Waals surface area contributed by atoms with Crippen LogP contribution in [0, 0.1) is 0 Å². The second-order valence-corrected chi connectivity index (χ2v) is 14.1. The van der Waals surface area contributed by atoms with Crippen molar-refractivity contribution < 1.29 is 14.4 Å². The maximum Gasteiger partial charge on any atom is 0.186 e. The third-order valence-corrected chi connectivity index (χ3v) is 9.95. The Hall–Kier alpha value is -2.58. The molecule has 0 saturated carbocycles. The van der Waals surface area contributed by atoms with E-state index >= 15 is 0 Å². The quantitative estimate of drug-likeness (QED) is 0.158. The SMILES string of the molecule is CC(=O)SCc1ccc(C(c2ccc(Br)cc2)(c2ccc(CSC(C)=O)cc2)c2ccc(CSC(C)=O)cc2)cc1. The number of rotatable bonds is 10.